The first-order valence-corrected chi connectivity index (χ1v) is 10.6. The van der Waals surface area contributed by atoms with Gasteiger partial charge in [-0.1, -0.05) is 20.3 Å². The van der Waals surface area contributed by atoms with Gasteiger partial charge in [0.1, 0.15) is 18.1 Å². The minimum absolute atomic E-state index is 0.0746. The fourth-order valence-corrected chi connectivity index (χ4v) is 3.40. The molecule has 28 heavy (non-hydrogen) atoms. The number of aliphatic carboxylic acids is 1. The molecule has 1 aliphatic heterocycles. The van der Waals surface area contributed by atoms with E-state index in [9.17, 15) is 19.2 Å². The van der Waals surface area contributed by atoms with Crippen LogP contribution in [0.25, 0.3) is 0 Å². The van der Waals surface area contributed by atoms with Gasteiger partial charge in [-0.2, -0.15) is 25.3 Å². The second kappa shape index (κ2) is 11.5. The van der Waals surface area contributed by atoms with Crippen LogP contribution in [0.15, 0.2) is 0 Å². The SMILES string of the molecule is CCC(C)C(NC(=O)C1CCCN1C(=O)C(N)CS)C(=O)NC(CS)C(=O)O. The first kappa shape index (κ1) is 24.6. The molecule has 0 bridgehead atoms. The Morgan fingerprint density at radius 2 is 1.86 bits per heavy atom. The van der Waals surface area contributed by atoms with E-state index in [1.807, 2.05) is 6.92 Å². The molecular formula is C17H30N4O5S2. The molecule has 5 N–H and O–H groups in total. The highest BCUT2D eigenvalue weighted by molar-refractivity contribution is 7.80. The Labute approximate surface area is 176 Å². The van der Waals surface area contributed by atoms with Crippen molar-refractivity contribution in [3.8, 4) is 0 Å². The Bertz CT molecular complexity index is 592. The van der Waals surface area contributed by atoms with Gasteiger partial charge in [-0.3, -0.25) is 14.4 Å². The lowest BCUT2D eigenvalue weighted by molar-refractivity contribution is -0.142. The minimum atomic E-state index is -1.20. The number of nitrogens with zero attached hydrogens (tertiary/aromatic N) is 1. The summed E-state index contributed by atoms with van der Waals surface area (Å²) in [6.45, 7) is 4.07. The highest BCUT2D eigenvalue weighted by Crippen LogP contribution is 2.19. The fourth-order valence-electron chi connectivity index (χ4n) is 2.99. The topological polar surface area (TPSA) is 142 Å². The maximum absolute atomic E-state index is 12.8. The molecule has 3 amide bonds. The van der Waals surface area contributed by atoms with E-state index in [1.165, 1.54) is 4.90 Å². The third kappa shape index (κ3) is 6.28. The van der Waals surface area contributed by atoms with E-state index in [1.54, 1.807) is 6.92 Å². The van der Waals surface area contributed by atoms with Crippen LogP contribution in [0, 0.1) is 5.92 Å². The molecule has 0 aliphatic carbocycles. The van der Waals surface area contributed by atoms with Crippen molar-refractivity contribution >= 4 is 48.9 Å². The average molecular weight is 435 g/mol. The summed E-state index contributed by atoms with van der Waals surface area (Å²) in [5, 5.41) is 14.2. The molecule has 1 saturated heterocycles. The predicted octanol–water partition coefficient (Wildman–Crippen LogP) is -0.735. The van der Waals surface area contributed by atoms with E-state index in [-0.39, 0.29) is 23.3 Å². The van der Waals surface area contributed by atoms with Gasteiger partial charge in [0.05, 0.1) is 6.04 Å². The van der Waals surface area contributed by atoms with Gasteiger partial charge >= 0.3 is 5.97 Å². The van der Waals surface area contributed by atoms with Gasteiger partial charge in [-0.25, -0.2) is 4.79 Å². The van der Waals surface area contributed by atoms with Crippen LogP contribution >= 0.6 is 25.3 Å². The number of hydrogen-bond donors (Lipinski definition) is 6. The number of carboxylic acid groups (broad SMARTS) is 1. The van der Waals surface area contributed by atoms with Crippen LogP contribution in [-0.2, 0) is 19.2 Å². The third-order valence-corrected chi connectivity index (χ3v) is 5.70. The van der Waals surface area contributed by atoms with E-state index in [0.717, 1.165) is 0 Å². The fraction of sp³-hybridized carbons (Fsp3) is 0.765. The molecule has 0 saturated carbocycles. The lowest BCUT2D eigenvalue weighted by Crippen LogP contribution is -2.58. The molecule has 0 aromatic rings. The lowest BCUT2D eigenvalue weighted by atomic mass is 9.97. The van der Waals surface area contributed by atoms with Gasteiger partial charge in [0.15, 0.2) is 0 Å². The normalized spacial score (nSPS) is 20.8. The number of hydrogen-bond acceptors (Lipinski definition) is 7. The highest BCUT2D eigenvalue weighted by Gasteiger charge is 2.38. The summed E-state index contributed by atoms with van der Waals surface area (Å²) in [6, 6.07) is -3.58. The molecule has 5 atom stereocenters. The van der Waals surface area contributed by atoms with Gasteiger partial charge in [0.2, 0.25) is 17.7 Å². The van der Waals surface area contributed by atoms with Crippen molar-refractivity contribution in [1.29, 1.82) is 0 Å². The molecule has 11 heteroatoms. The molecule has 1 heterocycles. The summed E-state index contributed by atoms with van der Waals surface area (Å²) in [6.07, 6.45) is 1.72. The number of carbonyl (C=O) groups excluding carboxylic acids is 3. The van der Waals surface area contributed by atoms with Crippen LogP contribution in [0.2, 0.25) is 0 Å². The van der Waals surface area contributed by atoms with E-state index in [2.05, 4.69) is 35.9 Å². The molecule has 0 radical (unpaired) electrons. The molecule has 0 spiro atoms. The number of carboxylic acids is 1. The Morgan fingerprint density at radius 1 is 1.21 bits per heavy atom. The maximum atomic E-state index is 12.8. The number of rotatable bonds is 10. The number of carbonyl (C=O) groups is 4. The first-order chi connectivity index (χ1) is 13.2. The Balaban J connectivity index is 2.90. The summed E-state index contributed by atoms with van der Waals surface area (Å²) < 4.78 is 0. The number of thiol groups is 2. The van der Waals surface area contributed by atoms with Gasteiger partial charge < -0.3 is 26.4 Å². The molecule has 0 aromatic heterocycles. The zero-order chi connectivity index (χ0) is 21.4. The largest absolute Gasteiger partial charge is 0.480 e. The van der Waals surface area contributed by atoms with Crippen LogP contribution in [0.1, 0.15) is 33.1 Å². The van der Waals surface area contributed by atoms with Crippen molar-refractivity contribution in [3.63, 3.8) is 0 Å². The molecule has 1 aliphatic rings. The quantitative estimate of drug-likeness (QED) is 0.250. The van der Waals surface area contributed by atoms with Crippen molar-refractivity contribution in [2.75, 3.05) is 18.1 Å². The zero-order valence-electron chi connectivity index (χ0n) is 16.1. The molecule has 1 rings (SSSR count). The monoisotopic (exact) mass is 434 g/mol. The second-order valence-electron chi connectivity index (χ2n) is 6.93. The highest BCUT2D eigenvalue weighted by atomic mass is 32.1. The van der Waals surface area contributed by atoms with Gasteiger partial charge in [0.25, 0.3) is 0 Å². The van der Waals surface area contributed by atoms with Crippen molar-refractivity contribution < 1.29 is 24.3 Å². The van der Waals surface area contributed by atoms with Gasteiger partial charge in [-0.05, 0) is 18.8 Å². The minimum Gasteiger partial charge on any atom is -0.480 e. The van der Waals surface area contributed by atoms with Gasteiger partial charge in [-0.15, -0.1) is 0 Å². The van der Waals surface area contributed by atoms with Crippen LogP contribution < -0.4 is 16.4 Å². The van der Waals surface area contributed by atoms with Crippen LogP contribution in [-0.4, -0.2) is 75.9 Å². The van der Waals surface area contributed by atoms with Crippen LogP contribution in [0.4, 0.5) is 0 Å². The Morgan fingerprint density at radius 3 is 2.36 bits per heavy atom. The molecule has 9 nitrogen and oxygen atoms in total. The number of nitrogens with two attached hydrogens (primary N) is 1. The third-order valence-electron chi connectivity index (χ3n) is 4.94. The zero-order valence-corrected chi connectivity index (χ0v) is 17.9. The Hall–Kier alpha value is -1.46. The summed E-state index contributed by atoms with van der Waals surface area (Å²) in [5.74, 6) is -2.73. The van der Waals surface area contributed by atoms with Crippen molar-refractivity contribution in [2.45, 2.75) is 57.3 Å². The van der Waals surface area contributed by atoms with Gasteiger partial charge in [0, 0.05) is 18.1 Å². The molecule has 0 aromatic carbocycles. The summed E-state index contributed by atoms with van der Waals surface area (Å²) >= 11 is 7.96. The van der Waals surface area contributed by atoms with Crippen LogP contribution in [0.3, 0.4) is 0 Å². The second-order valence-corrected chi connectivity index (χ2v) is 7.66. The molecule has 160 valence electrons. The standard InChI is InChI=1S/C17H30N4O5S2/c1-3-9(2)13(15(23)19-11(8-28)17(25)26)20-14(22)12-5-4-6-21(12)16(24)10(18)7-27/h9-13,27-28H,3-8,18H2,1-2H3,(H,19,23)(H,20,22)(H,25,26). The van der Waals surface area contributed by atoms with E-state index < -0.39 is 42.0 Å². The summed E-state index contributed by atoms with van der Waals surface area (Å²) in [7, 11) is 0. The summed E-state index contributed by atoms with van der Waals surface area (Å²) in [5.41, 5.74) is 5.75. The van der Waals surface area contributed by atoms with Crippen molar-refractivity contribution in [2.24, 2.45) is 11.7 Å². The van der Waals surface area contributed by atoms with Crippen molar-refractivity contribution in [1.82, 2.24) is 15.5 Å². The van der Waals surface area contributed by atoms with E-state index in [4.69, 9.17) is 10.8 Å². The first-order valence-electron chi connectivity index (χ1n) is 9.29. The smallest absolute Gasteiger partial charge is 0.327 e. The number of amides is 3. The number of nitrogens with one attached hydrogen (secondary N) is 2. The van der Waals surface area contributed by atoms with Crippen LogP contribution in [0.5, 0.6) is 0 Å². The summed E-state index contributed by atoms with van der Waals surface area (Å²) in [4.78, 5) is 50.4. The van der Waals surface area contributed by atoms with E-state index in [0.29, 0.717) is 25.8 Å². The molecule has 5 unspecified atom stereocenters. The predicted molar refractivity (Wildman–Crippen MR) is 111 cm³/mol. The Kier molecular flexibility index (Phi) is 10.1. The molecule has 1 fully saturated rings. The number of likely N-dealkylation sites (tertiary alicyclic amines) is 1. The average Bonchev–Trinajstić information content (AvgIpc) is 3.17. The van der Waals surface area contributed by atoms with Crippen molar-refractivity contribution in [3.05, 3.63) is 0 Å². The lowest BCUT2D eigenvalue weighted by Gasteiger charge is -2.30. The maximum Gasteiger partial charge on any atom is 0.327 e. The molecular weight excluding hydrogens is 404 g/mol. The van der Waals surface area contributed by atoms with E-state index >= 15 is 0 Å².